The minimum atomic E-state index is -1.83. The molecule has 2 aromatic rings. The molecule has 33 heavy (non-hydrogen) atoms. The molecule has 2 aliphatic rings. The number of esters is 1. The summed E-state index contributed by atoms with van der Waals surface area (Å²) in [6.45, 7) is -0.233. The van der Waals surface area contributed by atoms with Gasteiger partial charge in [-0.25, -0.2) is 0 Å². The van der Waals surface area contributed by atoms with Crippen molar-refractivity contribution >= 4 is 17.8 Å². The van der Waals surface area contributed by atoms with Crippen LogP contribution < -0.4 is 0 Å². The van der Waals surface area contributed by atoms with E-state index in [1.165, 1.54) is 7.11 Å². The normalized spacial score (nSPS) is 23.2. The SMILES string of the molecule is COC(=O)[C@@]1([C@@H](C[N+](=O)[O-])c2ccccc2)C(=O)C2=C(CCCO2)[C@H]1/C=C/c1ccccc1. The number of nitrogens with zero attached hydrogens (tertiary/aromatic N) is 1. The van der Waals surface area contributed by atoms with Crippen LogP contribution in [0.1, 0.15) is 29.9 Å². The highest BCUT2D eigenvalue weighted by atomic mass is 16.6. The van der Waals surface area contributed by atoms with Crippen LogP contribution in [0.3, 0.4) is 0 Å². The maximum atomic E-state index is 13.9. The lowest BCUT2D eigenvalue weighted by Crippen LogP contribution is -2.50. The molecule has 2 aromatic carbocycles. The Morgan fingerprint density at radius 3 is 2.52 bits per heavy atom. The summed E-state index contributed by atoms with van der Waals surface area (Å²) < 4.78 is 10.9. The molecule has 4 rings (SSSR count). The number of rotatable bonds is 7. The Morgan fingerprint density at radius 1 is 1.21 bits per heavy atom. The van der Waals surface area contributed by atoms with Crippen LogP contribution in [-0.2, 0) is 19.1 Å². The van der Waals surface area contributed by atoms with Crippen LogP contribution in [0.25, 0.3) is 6.08 Å². The molecule has 1 heterocycles. The average molecular weight is 447 g/mol. The first-order chi connectivity index (χ1) is 16.0. The summed E-state index contributed by atoms with van der Waals surface area (Å²) in [5.74, 6) is -2.93. The summed E-state index contributed by atoms with van der Waals surface area (Å²) in [6.07, 6.45) is 4.92. The van der Waals surface area contributed by atoms with E-state index >= 15 is 0 Å². The zero-order valence-corrected chi connectivity index (χ0v) is 18.3. The summed E-state index contributed by atoms with van der Waals surface area (Å²) in [4.78, 5) is 38.8. The predicted octanol–water partition coefficient (Wildman–Crippen LogP) is 4.18. The zero-order chi connectivity index (χ0) is 23.4. The van der Waals surface area contributed by atoms with Gasteiger partial charge in [-0.15, -0.1) is 0 Å². The number of benzene rings is 2. The van der Waals surface area contributed by atoms with E-state index in [0.717, 1.165) is 5.56 Å². The Kier molecular flexibility index (Phi) is 6.40. The monoisotopic (exact) mass is 447 g/mol. The molecule has 0 saturated heterocycles. The molecule has 1 aliphatic carbocycles. The molecule has 170 valence electrons. The first-order valence-corrected chi connectivity index (χ1v) is 10.9. The minimum absolute atomic E-state index is 0.152. The quantitative estimate of drug-likeness (QED) is 0.273. The van der Waals surface area contributed by atoms with Gasteiger partial charge in [-0.05, 0) is 29.5 Å². The lowest BCUT2D eigenvalue weighted by molar-refractivity contribution is -0.485. The third-order valence-corrected chi connectivity index (χ3v) is 6.46. The number of allylic oxidation sites excluding steroid dienone is 3. The van der Waals surface area contributed by atoms with E-state index in [9.17, 15) is 19.7 Å². The molecular formula is C26H25NO6. The number of ether oxygens (including phenoxy) is 2. The number of ketones is 1. The number of hydrogen-bond donors (Lipinski definition) is 0. The maximum absolute atomic E-state index is 13.9. The van der Waals surface area contributed by atoms with Gasteiger partial charge in [0.15, 0.2) is 11.2 Å². The molecule has 3 atom stereocenters. The Bertz CT molecular complexity index is 1110. The largest absolute Gasteiger partial charge is 0.490 e. The Hall–Kier alpha value is -3.74. The molecule has 0 spiro atoms. The van der Waals surface area contributed by atoms with Crippen LogP contribution in [0.15, 0.2) is 78.1 Å². The van der Waals surface area contributed by atoms with E-state index in [4.69, 9.17) is 9.47 Å². The average Bonchev–Trinajstić information content (AvgIpc) is 3.10. The van der Waals surface area contributed by atoms with Gasteiger partial charge in [0, 0.05) is 10.8 Å². The number of methoxy groups -OCH3 is 1. The lowest BCUT2D eigenvalue weighted by Gasteiger charge is -2.36. The minimum Gasteiger partial charge on any atom is -0.490 e. The first-order valence-electron chi connectivity index (χ1n) is 10.9. The lowest BCUT2D eigenvalue weighted by atomic mass is 9.62. The first kappa shape index (κ1) is 22.5. The number of hydrogen-bond acceptors (Lipinski definition) is 6. The van der Waals surface area contributed by atoms with Crippen molar-refractivity contribution < 1.29 is 24.0 Å². The highest BCUT2D eigenvalue weighted by Crippen LogP contribution is 2.56. The third kappa shape index (κ3) is 3.95. The van der Waals surface area contributed by atoms with Crippen LogP contribution in [-0.4, -0.2) is 36.9 Å². The molecule has 0 radical (unpaired) electrons. The van der Waals surface area contributed by atoms with Crippen molar-refractivity contribution in [1.29, 1.82) is 0 Å². The Balaban J connectivity index is 1.94. The number of nitro groups is 1. The topological polar surface area (TPSA) is 95.7 Å². The zero-order valence-electron chi connectivity index (χ0n) is 18.3. The van der Waals surface area contributed by atoms with Crippen LogP contribution in [0.5, 0.6) is 0 Å². The van der Waals surface area contributed by atoms with Gasteiger partial charge in [-0.3, -0.25) is 19.7 Å². The molecule has 0 aromatic heterocycles. The standard InChI is InChI=1S/C26H25NO6/c1-32-25(29)26(22(17-27(30)31)19-11-6-3-7-12-19)21(15-14-18-9-4-2-5-10-18)20-13-8-16-33-23(20)24(26)28/h2-7,9-12,14-15,21-22H,8,13,16-17H2,1H3/b15-14+/t21-,22+,26+/m1/s1. The van der Waals surface area contributed by atoms with E-state index in [1.54, 1.807) is 36.4 Å². The molecular weight excluding hydrogens is 422 g/mol. The molecule has 0 bridgehead atoms. The van der Waals surface area contributed by atoms with Gasteiger partial charge in [0.2, 0.25) is 12.3 Å². The second-order valence-electron chi connectivity index (χ2n) is 8.22. The van der Waals surface area contributed by atoms with Crippen molar-refractivity contribution in [1.82, 2.24) is 0 Å². The summed E-state index contributed by atoms with van der Waals surface area (Å²) in [5.41, 5.74) is 0.294. The summed E-state index contributed by atoms with van der Waals surface area (Å²) >= 11 is 0. The molecule has 0 N–H and O–H groups in total. The van der Waals surface area contributed by atoms with E-state index in [0.29, 0.717) is 30.6 Å². The van der Waals surface area contributed by atoms with Crippen LogP contribution in [0, 0.1) is 21.4 Å². The van der Waals surface area contributed by atoms with Crippen LogP contribution in [0.2, 0.25) is 0 Å². The molecule has 0 amide bonds. The highest BCUT2D eigenvalue weighted by molar-refractivity contribution is 6.16. The van der Waals surface area contributed by atoms with Crippen molar-refractivity contribution in [2.24, 2.45) is 11.3 Å². The van der Waals surface area contributed by atoms with E-state index in [2.05, 4.69) is 0 Å². The second kappa shape index (κ2) is 9.40. The van der Waals surface area contributed by atoms with Crippen molar-refractivity contribution in [3.05, 3.63) is 99.3 Å². The van der Waals surface area contributed by atoms with Gasteiger partial charge in [0.1, 0.15) is 0 Å². The maximum Gasteiger partial charge on any atom is 0.321 e. The molecule has 0 fully saturated rings. The third-order valence-electron chi connectivity index (χ3n) is 6.46. The van der Waals surface area contributed by atoms with Crippen LogP contribution >= 0.6 is 0 Å². The molecule has 7 heteroatoms. The fourth-order valence-electron chi connectivity index (χ4n) is 5.05. The van der Waals surface area contributed by atoms with Crippen molar-refractivity contribution in [2.75, 3.05) is 20.3 Å². The molecule has 7 nitrogen and oxygen atoms in total. The second-order valence-corrected chi connectivity index (χ2v) is 8.22. The molecule has 0 unspecified atom stereocenters. The van der Waals surface area contributed by atoms with Crippen molar-refractivity contribution in [3.63, 3.8) is 0 Å². The van der Waals surface area contributed by atoms with Gasteiger partial charge >= 0.3 is 5.97 Å². The van der Waals surface area contributed by atoms with Gasteiger partial charge in [0.25, 0.3) is 0 Å². The summed E-state index contributed by atoms with van der Waals surface area (Å²) in [7, 11) is 1.21. The van der Waals surface area contributed by atoms with E-state index in [1.807, 2.05) is 36.4 Å². The van der Waals surface area contributed by atoms with E-state index < -0.39 is 40.5 Å². The smallest absolute Gasteiger partial charge is 0.321 e. The van der Waals surface area contributed by atoms with Crippen molar-refractivity contribution in [3.8, 4) is 0 Å². The predicted molar refractivity (Wildman–Crippen MR) is 122 cm³/mol. The summed E-state index contributed by atoms with van der Waals surface area (Å²) in [5, 5.41) is 11.8. The number of Topliss-reactive ketones (excluding diaryl/α,β-unsaturated/α-hetero) is 1. The number of carbonyl (C=O) groups is 2. The van der Waals surface area contributed by atoms with Gasteiger partial charge in [-0.1, -0.05) is 72.8 Å². The number of carbonyl (C=O) groups excluding carboxylic acids is 2. The Morgan fingerprint density at radius 2 is 1.88 bits per heavy atom. The fraction of sp³-hybridized carbons (Fsp3) is 0.308. The van der Waals surface area contributed by atoms with E-state index in [-0.39, 0.29) is 5.76 Å². The molecule has 1 aliphatic heterocycles. The Labute approximate surface area is 191 Å². The van der Waals surface area contributed by atoms with Gasteiger partial charge < -0.3 is 9.47 Å². The van der Waals surface area contributed by atoms with Gasteiger partial charge in [-0.2, -0.15) is 0 Å². The van der Waals surface area contributed by atoms with Gasteiger partial charge in [0.05, 0.1) is 19.6 Å². The van der Waals surface area contributed by atoms with Crippen LogP contribution in [0.4, 0.5) is 0 Å². The highest BCUT2D eigenvalue weighted by Gasteiger charge is 2.66. The summed E-state index contributed by atoms with van der Waals surface area (Å²) in [6, 6.07) is 18.2. The molecule has 0 saturated carbocycles. The fourth-order valence-corrected chi connectivity index (χ4v) is 5.05. The van der Waals surface area contributed by atoms with Crippen molar-refractivity contribution in [2.45, 2.75) is 18.8 Å².